The van der Waals surface area contributed by atoms with Gasteiger partial charge in [-0.2, -0.15) is 0 Å². The standard InChI is InChI=1S/C27H30N2O6/c30-24(31)17-13-18(34-15-17)14-28-25(32)27(11-5-6-12-27)29-26(33)35-16-23-21-9-3-1-7-19(21)20-8-2-4-10-22(20)23/h1-4,7-10,17-18,23H,5-6,11-16H2,(H,28,32)(H,29,33)(H,30,31)/t17-,18-/m0/s1. The minimum atomic E-state index is -1.02. The molecule has 0 bridgehead atoms. The van der Waals surface area contributed by atoms with Gasteiger partial charge in [0, 0.05) is 12.5 Å². The summed E-state index contributed by atoms with van der Waals surface area (Å²) in [5.41, 5.74) is 3.55. The topological polar surface area (TPSA) is 114 Å². The molecule has 0 radical (unpaired) electrons. The van der Waals surface area contributed by atoms with Gasteiger partial charge >= 0.3 is 12.1 Å². The first-order chi connectivity index (χ1) is 17.0. The Morgan fingerprint density at radius 1 is 1.00 bits per heavy atom. The molecular weight excluding hydrogens is 448 g/mol. The number of fused-ring (bicyclic) bond motifs is 3. The largest absolute Gasteiger partial charge is 0.481 e. The third kappa shape index (κ3) is 4.62. The average molecular weight is 479 g/mol. The Morgan fingerprint density at radius 3 is 2.23 bits per heavy atom. The van der Waals surface area contributed by atoms with Gasteiger partial charge in [-0.3, -0.25) is 9.59 Å². The van der Waals surface area contributed by atoms with E-state index in [2.05, 4.69) is 34.9 Å². The van der Waals surface area contributed by atoms with E-state index >= 15 is 0 Å². The third-order valence-electron chi connectivity index (χ3n) is 7.50. The Labute approximate surface area is 204 Å². The Bertz CT molecular complexity index is 1080. The van der Waals surface area contributed by atoms with Crippen molar-refractivity contribution < 1.29 is 29.0 Å². The predicted molar refractivity (Wildman–Crippen MR) is 128 cm³/mol. The molecule has 8 heteroatoms. The predicted octanol–water partition coefficient (Wildman–Crippen LogP) is 3.44. The zero-order valence-corrected chi connectivity index (χ0v) is 19.5. The molecule has 8 nitrogen and oxygen atoms in total. The number of hydrogen-bond acceptors (Lipinski definition) is 5. The maximum Gasteiger partial charge on any atom is 0.408 e. The molecule has 2 amide bonds. The van der Waals surface area contributed by atoms with Crippen LogP contribution in [0.4, 0.5) is 4.79 Å². The summed E-state index contributed by atoms with van der Waals surface area (Å²) in [6.45, 7) is 0.555. The summed E-state index contributed by atoms with van der Waals surface area (Å²) in [6, 6.07) is 16.3. The summed E-state index contributed by atoms with van der Waals surface area (Å²) in [5, 5.41) is 14.9. The van der Waals surface area contributed by atoms with Crippen LogP contribution < -0.4 is 10.6 Å². The van der Waals surface area contributed by atoms with Gasteiger partial charge in [0.15, 0.2) is 0 Å². The Balaban J connectivity index is 1.20. The SMILES string of the molecule is O=C(NC1(C(=O)NC[C@@H]2C[C@H](C(=O)O)CO2)CCCC1)OCC1c2ccccc2-c2ccccc21. The number of benzene rings is 2. The summed E-state index contributed by atoms with van der Waals surface area (Å²) in [5.74, 6) is -1.76. The van der Waals surface area contributed by atoms with Crippen molar-refractivity contribution >= 4 is 18.0 Å². The Hall–Kier alpha value is -3.39. The fraction of sp³-hybridized carbons (Fsp3) is 0.444. The number of rotatable bonds is 7. The molecule has 0 spiro atoms. The summed E-state index contributed by atoms with van der Waals surface area (Å²) < 4.78 is 11.2. The summed E-state index contributed by atoms with van der Waals surface area (Å²) in [6.07, 6.45) is 2.15. The van der Waals surface area contributed by atoms with Gasteiger partial charge in [0.05, 0.1) is 18.6 Å². The van der Waals surface area contributed by atoms with Crippen molar-refractivity contribution in [3.05, 3.63) is 59.7 Å². The van der Waals surface area contributed by atoms with Gasteiger partial charge in [0.1, 0.15) is 12.1 Å². The van der Waals surface area contributed by atoms with E-state index in [0.29, 0.717) is 19.3 Å². The highest BCUT2D eigenvalue weighted by molar-refractivity contribution is 5.90. The number of aliphatic carboxylic acids is 1. The molecule has 2 fully saturated rings. The van der Waals surface area contributed by atoms with Crippen LogP contribution in [0.25, 0.3) is 11.1 Å². The second-order valence-electron chi connectivity index (χ2n) is 9.68. The molecule has 0 unspecified atom stereocenters. The quantitative estimate of drug-likeness (QED) is 0.562. The van der Waals surface area contributed by atoms with Crippen LogP contribution in [0.1, 0.15) is 49.1 Å². The van der Waals surface area contributed by atoms with Crippen LogP contribution in [-0.2, 0) is 19.1 Å². The lowest BCUT2D eigenvalue weighted by Crippen LogP contribution is -2.58. The summed E-state index contributed by atoms with van der Waals surface area (Å²) >= 11 is 0. The zero-order chi connectivity index (χ0) is 24.4. The molecule has 2 aromatic carbocycles. The number of carboxylic acids is 1. The van der Waals surface area contributed by atoms with Crippen molar-refractivity contribution in [3.63, 3.8) is 0 Å². The highest BCUT2D eigenvalue weighted by Crippen LogP contribution is 2.44. The molecule has 2 aromatic rings. The van der Waals surface area contributed by atoms with Crippen LogP contribution in [0.3, 0.4) is 0 Å². The number of ether oxygens (including phenoxy) is 2. The number of carbonyl (C=O) groups excluding carboxylic acids is 2. The van der Waals surface area contributed by atoms with E-state index < -0.39 is 23.5 Å². The fourth-order valence-corrected chi connectivity index (χ4v) is 5.61. The van der Waals surface area contributed by atoms with E-state index in [1.807, 2.05) is 24.3 Å². The second-order valence-corrected chi connectivity index (χ2v) is 9.68. The third-order valence-corrected chi connectivity index (χ3v) is 7.50. The van der Waals surface area contributed by atoms with E-state index in [1.165, 1.54) is 0 Å². The smallest absolute Gasteiger partial charge is 0.408 e. The maximum absolute atomic E-state index is 13.1. The van der Waals surface area contributed by atoms with Gasteiger partial charge in [-0.15, -0.1) is 0 Å². The van der Waals surface area contributed by atoms with Crippen LogP contribution in [0.15, 0.2) is 48.5 Å². The molecule has 1 saturated heterocycles. The molecule has 1 heterocycles. The number of hydrogen-bond donors (Lipinski definition) is 3. The molecule has 2 atom stereocenters. The molecule has 5 rings (SSSR count). The monoisotopic (exact) mass is 478 g/mol. The van der Waals surface area contributed by atoms with Gasteiger partial charge in [-0.1, -0.05) is 61.4 Å². The molecule has 1 saturated carbocycles. The highest BCUT2D eigenvalue weighted by Gasteiger charge is 2.43. The molecule has 3 aliphatic rings. The van der Waals surface area contributed by atoms with Gasteiger partial charge in [0.2, 0.25) is 5.91 Å². The fourth-order valence-electron chi connectivity index (χ4n) is 5.61. The van der Waals surface area contributed by atoms with Crippen LogP contribution in [0.2, 0.25) is 0 Å². The normalized spacial score (nSPS) is 22.3. The lowest BCUT2D eigenvalue weighted by Gasteiger charge is -2.29. The number of alkyl carbamates (subject to hydrolysis) is 1. The van der Waals surface area contributed by atoms with Gasteiger partial charge in [-0.25, -0.2) is 4.79 Å². The molecule has 3 N–H and O–H groups in total. The Kier molecular flexibility index (Phi) is 6.47. The van der Waals surface area contributed by atoms with Crippen molar-refractivity contribution in [3.8, 4) is 11.1 Å². The number of carbonyl (C=O) groups is 3. The minimum absolute atomic E-state index is 0.0526. The van der Waals surface area contributed by atoms with Gasteiger partial charge in [0.25, 0.3) is 0 Å². The lowest BCUT2D eigenvalue weighted by atomic mass is 9.96. The first-order valence-corrected chi connectivity index (χ1v) is 12.2. The molecule has 35 heavy (non-hydrogen) atoms. The number of nitrogens with one attached hydrogen (secondary N) is 2. The van der Waals surface area contributed by atoms with E-state index in [9.17, 15) is 14.4 Å². The second kappa shape index (κ2) is 9.70. The molecule has 1 aliphatic heterocycles. The van der Waals surface area contributed by atoms with Crippen molar-refractivity contribution in [2.24, 2.45) is 5.92 Å². The molecule has 0 aromatic heterocycles. The van der Waals surface area contributed by atoms with E-state index in [0.717, 1.165) is 35.1 Å². The number of amides is 2. The van der Waals surface area contributed by atoms with Crippen molar-refractivity contribution in [1.82, 2.24) is 10.6 Å². The molecule has 2 aliphatic carbocycles. The first kappa shape index (κ1) is 23.4. The summed E-state index contributed by atoms with van der Waals surface area (Å²) in [4.78, 5) is 37.1. The van der Waals surface area contributed by atoms with Crippen molar-refractivity contribution in [2.75, 3.05) is 19.8 Å². The Morgan fingerprint density at radius 2 is 1.63 bits per heavy atom. The highest BCUT2D eigenvalue weighted by atomic mass is 16.5. The van der Waals surface area contributed by atoms with Crippen LogP contribution in [-0.4, -0.2) is 54.5 Å². The van der Waals surface area contributed by atoms with Crippen LogP contribution >= 0.6 is 0 Å². The zero-order valence-electron chi connectivity index (χ0n) is 19.5. The van der Waals surface area contributed by atoms with Gasteiger partial charge < -0.3 is 25.2 Å². The van der Waals surface area contributed by atoms with E-state index in [4.69, 9.17) is 14.6 Å². The van der Waals surface area contributed by atoms with E-state index in [-0.39, 0.29) is 37.7 Å². The van der Waals surface area contributed by atoms with Crippen LogP contribution in [0.5, 0.6) is 0 Å². The first-order valence-electron chi connectivity index (χ1n) is 12.2. The number of carboxylic acid groups (broad SMARTS) is 1. The molecule has 184 valence electrons. The molecular formula is C27H30N2O6. The van der Waals surface area contributed by atoms with Crippen molar-refractivity contribution in [1.29, 1.82) is 0 Å². The lowest BCUT2D eigenvalue weighted by molar-refractivity contribution is -0.141. The maximum atomic E-state index is 13.1. The van der Waals surface area contributed by atoms with E-state index in [1.54, 1.807) is 0 Å². The average Bonchev–Trinajstić information content (AvgIpc) is 3.60. The summed E-state index contributed by atoms with van der Waals surface area (Å²) in [7, 11) is 0. The van der Waals surface area contributed by atoms with Gasteiger partial charge in [-0.05, 0) is 41.5 Å². The minimum Gasteiger partial charge on any atom is -0.481 e. The van der Waals surface area contributed by atoms with Crippen LogP contribution in [0, 0.1) is 5.92 Å². The van der Waals surface area contributed by atoms with Crippen molar-refractivity contribution in [2.45, 2.75) is 49.7 Å².